The molecule has 0 saturated carbocycles. The number of hydrogen-bond donors (Lipinski definition) is 7. The number of aromatic nitrogens is 4. The molecular weight excluding hydrogens is 514 g/mol. The molecule has 2 aromatic heterocycles. The maximum absolute atomic E-state index is 11.8. The summed E-state index contributed by atoms with van der Waals surface area (Å²) in [6.07, 6.45) is -3.69. The van der Waals surface area contributed by atoms with Gasteiger partial charge in [-0.15, -0.1) is 0 Å². The Bertz CT molecular complexity index is 1110. The Morgan fingerprint density at radius 2 is 1.69 bits per heavy atom. The molecule has 0 amide bonds. The number of anilines is 1. The van der Waals surface area contributed by atoms with Crippen LogP contribution in [0.1, 0.15) is 6.23 Å². The van der Waals surface area contributed by atoms with Crippen LogP contribution in [-0.2, 0) is 31.6 Å². The van der Waals surface area contributed by atoms with E-state index in [9.17, 15) is 28.8 Å². The van der Waals surface area contributed by atoms with Crippen LogP contribution in [0, 0.1) is 0 Å². The Balaban J connectivity index is 0.00000363. The van der Waals surface area contributed by atoms with Crippen molar-refractivity contribution in [3.63, 3.8) is 0 Å². The molecule has 0 bridgehead atoms. The van der Waals surface area contributed by atoms with Crippen LogP contribution < -0.4 is 35.3 Å². The summed E-state index contributed by atoms with van der Waals surface area (Å²) in [4.78, 5) is 47.2. The van der Waals surface area contributed by atoms with Crippen LogP contribution in [0.4, 0.5) is 5.82 Å². The van der Waals surface area contributed by atoms with E-state index in [-0.39, 0.29) is 46.5 Å². The molecule has 22 heteroatoms. The summed E-state index contributed by atoms with van der Waals surface area (Å²) in [7, 11) is -16.7. The molecule has 0 spiro atoms. The van der Waals surface area contributed by atoms with Gasteiger partial charge >= 0.3 is 53.0 Å². The minimum absolute atomic E-state index is 0. The average Bonchev–Trinajstić information content (AvgIpc) is 3.13. The Hall–Kier alpha value is -0.360. The average molecular weight is 530 g/mol. The Kier molecular flexibility index (Phi) is 8.80. The maximum Gasteiger partial charge on any atom is 1.00 e. The van der Waals surface area contributed by atoms with Crippen LogP contribution >= 0.6 is 23.5 Å². The molecular formula is C10H16N5NaO13P3+. The monoisotopic (exact) mass is 530 g/mol. The van der Waals surface area contributed by atoms with Crippen molar-refractivity contribution in [1.29, 1.82) is 0 Å². The second-order valence-electron chi connectivity index (χ2n) is 6.02. The second-order valence-corrected chi connectivity index (χ2v) is 10.4. The molecule has 1 saturated heterocycles. The van der Waals surface area contributed by atoms with Gasteiger partial charge < -0.3 is 40.3 Å². The summed E-state index contributed by atoms with van der Waals surface area (Å²) in [5, 5.41) is 20.4. The minimum atomic E-state index is -5.70. The van der Waals surface area contributed by atoms with Gasteiger partial charge in [0.1, 0.15) is 30.2 Å². The fourth-order valence-corrected chi connectivity index (χ4v) is 5.65. The number of imidazole rings is 1. The topological polar surface area (TPSA) is 279 Å². The Labute approximate surface area is 200 Å². The van der Waals surface area contributed by atoms with Gasteiger partial charge in [0.15, 0.2) is 17.7 Å². The molecule has 8 N–H and O–H groups in total. The van der Waals surface area contributed by atoms with E-state index in [0.717, 1.165) is 6.33 Å². The number of nitrogens with zero attached hydrogens (tertiary/aromatic N) is 4. The van der Waals surface area contributed by atoms with E-state index in [1.54, 1.807) is 0 Å². The third-order valence-corrected chi connectivity index (χ3v) is 7.62. The van der Waals surface area contributed by atoms with E-state index in [0.29, 0.717) is 0 Å². The fraction of sp³-hybridized carbons (Fsp3) is 0.500. The van der Waals surface area contributed by atoms with Gasteiger partial charge in [0.25, 0.3) is 0 Å². The van der Waals surface area contributed by atoms with Gasteiger partial charge in [-0.25, -0.2) is 28.6 Å². The largest absolute Gasteiger partial charge is 1.00 e. The standard InChI is InChI=1S/C10H16N5O13P3.Na/c11-8-5-9(13-2-12-8)15(3-14-5)10-7(17)6(16)4(26-10)1-25-30(21,22)28-31(23,24)27-29(18,19)20;/h2-4,6-7,10,16-17H,1H2,(H,21,22)(H,23,24)(H2,11,12,13)(H2,18,19,20);/q;+1/t4-,6-,7-,10-;/m1./s1. The van der Waals surface area contributed by atoms with Gasteiger partial charge in [0.2, 0.25) is 0 Å². The SMILES string of the molecule is Nc1ncnc2c1ncn2[C@@H]1O[C@H](COP(=O)(O)OP(=O)(O)OP(=O)(O)O)[C@@H](O)[C@H]1O.[Na+]. The molecule has 18 nitrogen and oxygen atoms in total. The molecule has 0 aliphatic carbocycles. The molecule has 1 fully saturated rings. The van der Waals surface area contributed by atoms with E-state index in [1.165, 1.54) is 10.9 Å². The van der Waals surface area contributed by atoms with Crippen molar-refractivity contribution in [2.24, 2.45) is 0 Å². The van der Waals surface area contributed by atoms with Crippen molar-refractivity contribution in [3.05, 3.63) is 12.7 Å². The van der Waals surface area contributed by atoms with Gasteiger partial charge in [0, 0.05) is 0 Å². The van der Waals surface area contributed by atoms with E-state index >= 15 is 0 Å². The first-order chi connectivity index (χ1) is 14.2. The normalized spacial score (nSPS) is 27.6. The van der Waals surface area contributed by atoms with Crippen LogP contribution in [0.5, 0.6) is 0 Å². The first-order valence-electron chi connectivity index (χ1n) is 7.92. The van der Waals surface area contributed by atoms with Crippen LogP contribution in [0.15, 0.2) is 12.7 Å². The first-order valence-corrected chi connectivity index (χ1v) is 12.4. The third-order valence-electron chi connectivity index (χ3n) is 3.82. The zero-order valence-electron chi connectivity index (χ0n) is 15.9. The van der Waals surface area contributed by atoms with Gasteiger partial charge in [-0.05, 0) is 0 Å². The number of rotatable bonds is 8. The number of ether oxygens (including phenoxy) is 1. The summed E-state index contributed by atoms with van der Waals surface area (Å²) < 4.78 is 51.9. The summed E-state index contributed by atoms with van der Waals surface area (Å²) in [5.41, 5.74) is 6.00. The number of nitrogen functional groups attached to an aromatic ring is 1. The molecule has 3 rings (SSSR count). The Morgan fingerprint density at radius 3 is 2.31 bits per heavy atom. The first kappa shape index (κ1) is 27.9. The number of aliphatic hydroxyl groups excluding tert-OH is 2. The number of aliphatic hydroxyl groups is 2. The molecule has 6 atom stereocenters. The maximum atomic E-state index is 11.8. The van der Waals surface area contributed by atoms with Crippen molar-refractivity contribution in [1.82, 2.24) is 19.5 Å². The zero-order valence-corrected chi connectivity index (χ0v) is 20.6. The third kappa shape index (κ3) is 6.61. The fourth-order valence-electron chi connectivity index (χ4n) is 2.62. The summed E-state index contributed by atoms with van der Waals surface area (Å²) in [6.45, 7) is -0.956. The predicted molar refractivity (Wildman–Crippen MR) is 95.5 cm³/mol. The Morgan fingerprint density at radius 1 is 1.03 bits per heavy atom. The molecule has 3 heterocycles. The summed E-state index contributed by atoms with van der Waals surface area (Å²) in [5.74, 6) is 0.0426. The van der Waals surface area contributed by atoms with Crippen LogP contribution in [0.25, 0.3) is 11.2 Å². The molecule has 1 aliphatic heterocycles. The number of fused-ring (bicyclic) bond motifs is 1. The van der Waals surface area contributed by atoms with E-state index in [1.807, 2.05) is 0 Å². The van der Waals surface area contributed by atoms with Gasteiger partial charge in [-0.2, -0.15) is 8.62 Å². The van der Waals surface area contributed by atoms with Gasteiger partial charge in [0.05, 0.1) is 12.9 Å². The van der Waals surface area contributed by atoms with E-state index in [2.05, 4.69) is 28.1 Å². The van der Waals surface area contributed by atoms with Gasteiger partial charge in [-0.3, -0.25) is 9.09 Å². The molecule has 0 radical (unpaired) electrons. The number of nitrogens with two attached hydrogens (primary N) is 1. The quantitative estimate of drug-likeness (QED) is 0.125. The van der Waals surface area contributed by atoms with Crippen LogP contribution in [0.2, 0.25) is 0 Å². The van der Waals surface area contributed by atoms with Crippen molar-refractivity contribution in [2.75, 3.05) is 12.3 Å². The minimum Gasteiger partial charge on any atom is -0.387 e. The van der Waals surface area contributed by atoms with E-state index < -0.39 is 54.6 Å². The van der Waals surface area contributed by atoms with Gasteiger partial charge in [-0.1, -0.05) is 0 Å². The van der Waals surface area contributed by atoms with Crippen molar-refractivity contribution in [2.45, 2.75) is 24.5 Å². The molecule has 32 heavy (non-hydrogen) atoms. The zero-order chi connectivity index (χ0) is 23.2. The van der Waals surface area contributed by atoms with E-state index in [4.69, 9.17) is 25.2 Å². The smallest absolute Gasteiger partial charge is 0.387 e. The second kappa shape index (κ2) is 10.1. The number of hydrogen-bond acceptors (Lipinski definition) is 13. The molecule has 174 valence electrons. The van der Waals surface area contributed by atoms with Crippen LogP contribution in [0.3, 0.4) is 0 Å². The molecule has 1 aliphatic rings. The summed E-state index contributed by atoms with van der Waals surface area (Å²) >= 11 is 0. The predicted octanol–water partition coefficient (Wildman–Crippen LogP) is -4.62. The molecule has 0 aromatic carbocycles. The van der Waals surface area contributed by atoms with Crippen molar-refractivity contribution >= 4 is 40.4 Å². The molecule has 2 aromatic rings. The molecule has 2 unspecified atom stereocenters. The van der Waals surface area contributed by atoms with Crippen molar-refractivity contribution < 1.29 is 90.9 Å². The summed E-state index contributed by atoms with van der Waals surface area (Å²) in [6, 6.07) is 0. The number of phosphoric ester groups is 1. The number of phosphoric acid groups is 3. The van der Waals surface area contributed by atoms with Crippen molar-refractivity contribution in [3.8, 4) is 0 Å². The van der Waals surface area contributed by atoms with Crippen LogP contribution in [-0.4, -0.2) is 74.2 Å².